The number of ether oxygens (including phenoxy) is 1. The smallest absolute Gasteiger partial charge is 0.138 e. The molecule has 2 aliphatic rings. The van der Waals surface area contributed by atoms with Gasteiger partial charge in [-0.1, -0.05) is 6.92 Å². The predicted octanol–water partition coefficient (Wildman–Crippen LogP) is 3.72. The molecule has 4 heterocycles. The second-order valence-corrected chi connectivity index (χ2v) is 8.15. The van der Waals surface area contributed by atoms with Crippen molar-refractivity contribution in [3.05, 3.63) is 17.3 Å². The zero-order valence-corrected chi connectivity index (χ0v) is 14.4. The van der Waals surface area contributed by atoms with E-state index in [0.29, 0.717) is 6.04 Å². The van der Waals surface area contributed by atoms with Crippen LogP contribution in [-0.4, -0.2) is 39.7 Å². The molecule has 2 saturated heterocycles. The average molecular weight is 335 g/mol. The van der Waals surface area contributed by atoms with Gasteiger partial charge in [0.25, 0.3) is 0 Å². The molecule has 2 aromatic rings. The van der Waals surface area contributed by atoms with Crippen LogP contribution in [0, 0.1) is 0 Å². The number of anilines is 1. The van der Waals surface area contributed by atoms with Gasteiger partial charge in [-0.15, -0.1) is 11.3 Å². The fourth-order valence-corrected chi connectivity index (χ4v) is 5.54. The second-order valence-electron chi connectivity index (χ2n) is 6.15. The topological polar surface area (TPSA) is 47.0 Å². The molecule has 1 spiro atoms. The predicted molar refractivity (Wildman–Crippen MR) is 94.1 cm³/mol. The number of nitrogens with zero attached hydrogens (tertiary/aromatic N) is 2. The van der Waals surface area contributed by atoms with Gasteiger partial charge < -0.3 is 10.1 Å². The molecule has 0 saturated carbocycles. The fraction of sp³-hybridized carbons (Fsp3) is 0.625. The highest BCUT2D eigenvalue weighted by Gasteiger charge is 2.40. The van der Waals surface area contributed by atoms with E-state index in [-0.39, 0.29) is 5.60 Å². The number of nitrogens with one attached hydrogen (secondary N) is 1. The lowest BCUT2D eigenvalue weighted by atomic mass is 9.90. The standard InChI is InChI=1S/C16H21N3OS2/c1-2-13-18-14(12-4-7-22-15(12)19-13)17-11-3-6-20-16(9-11)5-8-21-10-16/h4,7,11H,2-3,5-6,8-10H2,1H3,(H,17,18,19). The van der Waals surface area contributed by atoms with Gasteiger partial charge in [0.1, 0.15) is 16.5 Å². The first-order valence-corrected chi connectivity index (χ1v) is 10.0. The van der Waals surface area contributed by atoms with Gasteiger partial charge in [-0.25, -0.2) is 9.97 Å². The Morgan fingerprint density at radius 2 is 2.41 bits per heavy atom. The lowest BCUT2D eigenvalue weighted by Gasteiger charge is -2.38. The van der Waals surface area contributed by atoms with Gasteiger partial charge in [-0.05, 0) is 36.5 Å². The maximum atomic E-state index is 6.12. The zero-order chi connectivity index (χ0) is 15.0. The van der Waals surface area contributed by atoms with E-state index in [1.165, 1.54) is 12.2 Å². The van der Waals surface area contributed by atoms with Gasteiger partial charge in [0.05, 0.1) is 11.0 Å². The SMILES string of the molecule is CCc1nc(NC2CCOC3(CCSC3)C2)c2ccsc2n1. The Kier molecular flexibility index (Phi) is 4.00. The van der Waals surface area contributed by atoms with E-state index in [4.69, 9.17) is 9.72 Å². The summed E-state index contributed by atoms with van der Waals surface area (Å²) in [6.45, 7) is 2.97. The Labute approximate surface area is 139 Å². The molecule has 0 aromatic carbocycles. The summed E-state index contributed by atoms with van der Waals surface area (Å²) >= 11 is 3.71. The number of rotatable bonds is 3. The third-order valence-corrected chi connectivity index (χ3v) is 6.62. The van der Waals surface area contributed by atoms with Crippen molar-refractivity contribution >= 4 is 39.1 Å². The van der Waals surface area contributed by atoms with Crippen LogP contribution in [0.15, 0.2) is 11.4 Å². The average Bonchev–Trinajstić information content (AvgIpc) is 3.17. The van der Waals surface area contributed by atoms with Crippen molar-refractivity contribution in [2.24, 2.45) is 0 Å². The van der Waals surface area contributed by atoms with E-state index in [0.717, 1.165) is 53.5 Å². The lowest BCUT2D eigenvalue weighted by molar-refractivity contribution is -0.0628. The van der Waals surface area contributed by atoms with Gasteiger partial charge in [-0.3, -0.25) is 0 Å². The number of aryl methyl sites for hydroxylation is 1. The molecule has 4 rings (SSSR count). The second kappa shape index (κ2) is 5.98. The highest BCUT2D eigenvalue weighted by Crippen LogP contribution is 2.39. The molecule has 22 heavy (non-hydrogen) atoms. The molecule has 2 aliphatic heterocycles. The highest BCUT2D eigenvalue weighted by atomic mass is 32.2. The Bertz CT molecular complexity index is 666. The monoisotopic (exact) mass is 335 g/mol. The van der Waals surface area contributed by atoms with Crippen LogP contribution in [0.1, 0.15) is 32.0 Å². The van der Waals surface area contributed by atoms with Gasteiger partial charge in [0, 0.05) is 24.8 Å². The molecule has 6 heteroatoms. The molecular weight excluding hydrogens is 314 g/mol. The van der Waals surface area contributed by atoms with Crippen LogP contribution in [-0.2, 0) is 11.2 Å². The molecule has 0 aliphatic carbocycles. The molecule has 2 fully saturated rings. The van der Waals surface area contributed by atoms with Crippen LogP contribution in [0.3, 0.4) is 0 Å². The Hall–Kier alpha value is -0.850. The molecule has 4 nitrogen and oxygen atoms in total. The summed E-state index contributed by atoms with van der Waals surface area (Å²) in [4.78, 5) is 10.4. The molecule has 0 radical (unpaired) electrons. The summed E-state index contributed by atoms with van der Waals surface area (Å²) < 4.78 is 6.12. The van der Waals surface area contributed by atoms with E-state index < -0.39 is 0 Å². The minimum Gasteiger partial charge on any atom is -0.374 e. The van der Waals surface area contributed by atoms with Crippen molar-refractivity contribution in [1.82, 2.24) is 9.97 Å². The van der Waals surface area contributed by atoms with E-state index in [1.54, 1.807) is 11.3 Å². The summed E-state index contributed by atoms with van der Waals surface area (Å²) in [5.41, 5.74) is 0.106. The molecule has 0 bridgehead atoms. The number of thiophene rings is 1. The largest absolute Gasteiger partial charge is 0.374 e. The van der Waals surface area contributed by atoms with Crippen LogP contribution >= 0.6 is 23.1 Å². The Balaban J connectivity index is 1.58. The summed E-state index contributed by atoms with van der Waals surface area (Å²) in [5, 5.41) is 6.96. The maximum absolute atomic E-state index is 6.12. The first kappa shape index (κ1) is 14.7. The highest BCUT2D eigenvalue weighted by molar-refractivity contribution is 7.99. The normalized spacial score (nSPS) is 28.5. The van der Waals surface area contributed by atoms with Crippen LogP contribution in [0.2, 0.25) is 0 Å². The quantitative estimate of drug-likeness (QED) is 0.926. The molecule has 0 amide bonds. The van der Waals surface area contributed by atoms with Gasteiger partial charge in [-0.2, -0.15) is 11.8 Å². The summed E-state index contributed by atoms with van der Waals surface area (Å²) in [6.07, 6.45) is 4.21. The van der Waals surface area contributed by atoms with Crippen molar-refractivity contribution in [3.8, 4) is 0 Å². The van der Waals surface area contributed by atoms with E-state index in [1.807, 2.05) is 11.8 Å². The van der Waals surface area contributed by atoms with Gasteiger partial charge in [0.2, 0.25) is 0 Å². The molecule has 2 aromatic heterocycles. The molecule has 1 N–H and O–H groups in total. The van der Waals surface area contributed by atoms with E-state index in [9.17, 15) is 0 Å². The minimum atomic E-state index is 0.106. The van der Waals surface area contributed by atoms with E-state index >= 15 is 0 Å². The number of thioether (sulfide) groups is 1. The van der Waals surface area contributed by atoms with Crippen LogP contribution in [0.25, 0.3) is 10.2 Å². The van der Waals surface area contributed by atoms with Crippen molar-refractivity contribution in [1.29, 1.82) is 0 Å². The first-order chi connectivity index (χ1) is 10.8. The molecular formula is C16H21N3OS2. The summed E-state index contributed by atoms with van der Waals surface area (Å²) in [5.74, 6) is 4.31. The van der Waals surface area contributed by atoms with Crippen molar-refractivity contribution < 1.29 is 4.74 Å². The fourth-order valence-electron chi connectivity index (χ4n) is 3.38. The van der Waals surface area contributed by atoms with Crippen LogP contribution in [0.4, 0.5) is 5.82 Å². The minimum absolute atomic E-state index is 0.106. The molecule has 2 unspecified atom stereocenters. The number of aromatic nitrogens is 2. The van der Waals surface area contributed by atoms with E-state index in [2.05, 4.69) is 28.7 Å². The number of hydrogen-bond donors (Lipinski definition) is 1. The van der Waals surface area contributed by atoms with Crippen molar-refractivity contribution in [2.75, 3.05) is 23.4 Å². The third kappa shape index (κ3) is 2.72. The number of fused-ring (bicyclic) bond motifs is 1. The van der Waals surface area contributed by atoms with Crippen molar-refractivity contribution in [2.45, 2.75) is 44.2 Å². The summed E-state index contributed by atoms with van der Waals surface area (Å²) in [6, 6.07) is 2.58. The van der Waals surface area contributed by atoms with Gasteiger partial charge in [0.15, 0.2) is 0 Å². The maximum Gasteiger partial charge on any atom is 0.138 e. The molecule has 118 valence electrons. The van der Waals surface area contributed by atoms with Crippen molar-refractivity contribution in [3.63, 3.8) is 0 Å². The van der Waals surface area contributed by atoms with Gasteiger partial charge >= 0.3 is 0 Å². The van der Waals surface area contributed by atoms with Crippen LogP contribution in [0.5, 0.6) is 0 Å². The molecule has 2 atom stereocenters. The zero-order valence-electron chi connectivity index (χ0n) is 12.8. The Morgan fingerprint density at radius 3 is 3.23 bits per heavy atom. The first-order valence-electron chi connectivity index (χ1n) is 8.00. The summed E-state index contributed by atoms with van der Waals surface area (Å²) in [7, 11) is 0. The van der Waals surface area contributed by atoms with Crippen LogP contribution < -0.4 is 5.32 Å². The Morgan fingerprint density at radius 1 is 1.45 bits per heavy atom. The lowest BCUT2D eigenvalue weighted by Crippen LogP contribution is -2.44. The number of hydrogen-bond acceptors (Lipinski definition) is 6. The third-order valence-electron chi connectivity index (χ3n) is 4.59.